The predicted molar refractivity (Wildman–Crippen MR) is 58.5 cm³/mol. The van der Waals surface area contributed by atoms with Crippen molar-refractivity contribution in [3.63, 3.8) is 0 Å². The fourth-order valence-corrected chi connectivity index (χ4v) is 1.82. The second-order valence-electron chi connectivity index (χ2n) is 3.13. The van der Waals surface area contributed by atoms with Gasteiger partial charge in [0.15, 0.2) is 5.58 Å². The molecule has 1 aromatic heterocycles. The molecule has 0 amide bonds. The Kier molecular flexibility index (Phi) is 2.46. The molecule has 0 aliphatic heterocycles. The van der Waals surface area contributed by atoms with Crippen molar-refractivity contribution in [2.75, 3.05) is 0 Å². The molecule has 1 aromatic carbocycles. The Morgan fingerprint density at radius 3 is 3.00 bits per heavy atom. The lowest BCUT2D eigenvalue weighted by Crippen LogP contribution is -2.13. The van der Waals surface area contributed by atoms with E-state index in [1.807, 2.05) is 19.1 Å². The van der Waals surface area contributed by atoms with E-state index < -0.39 is 0 Å². The molecule has 0 bridgehead atoms. The largest absolute Gasteiger partial charge is 0.419 e. The minimum Gasteiger partial charge on any atom is -0.408 e. The number of fused-ring (bicyclic) bond motifs is 1. The first-order valence-electron chi connectivity index (χ1n) is 4.51. The van der Waals surface area contributed by atoms with Crippen LogP contribution in [-0.2, 0) is 6.54 Å². The zero-order valence-corrected chi connectivity index (χ0v) is 9.37. The number of oxazole rings is 1. The molecule has 0 saturated carbocycles. The van der Waals surface area contributed by atoms with Crippen molar-refractivity contribution in [3.05, 3.63) is 33.2 Å². The summed E-state index contributed by atoms with van der Waals surface area (Å²) in [6, 6.07) is 5.56. The molecule has 0 aliphatic rings. The average molecular weight is 256 g/mol. The molecule has 0 N–H and O–H groups in total. The Labute approximate surface area is 89.5 Å². The Bertz CT molecular complexity index is 512. The molecule has 2 aromatic rings. The maximum absolute atomic E-state index is 11.4. The number of aryl methyl sites for hydroxylation is 1. The maximum Gasteiger partial charge on any atom is 0.419 e. The molecule has 74 valence electrons. The van der Waals surface area contributed by atoms with Crippen molar-refractivity contribution < 1.29 is 4.42 Å². The van der Waals surface area contributed by atoms with Gasteiger partial charge in [0.1, 0.15) is 0 Å². The third-order valence-corrected chi connectivity index (χ3v) is 2.57. The Balaban J connectivity index is 2.73. The van der Waals surface area contributed by atoms with Crippen LogP contribution in [0.3, 0.4) is 0 Å². The third-order valence-electron chi connectivity index (χ3n) is 2.08. The van der Waals surface area contributed by atoms with Gasteiger partial charge in [-0.05, 0) is 24.6 Å². The van der Waals surface area contributed by atoms with Crippen LogP contribution in [0.15, 0.2) is 31.9 Å². The molecule has 0 radical (unpaired) electrons. The lowest BCUT2D eigenvalue weighted by Gasteiger charge is -1.97. The van der Waals surface area contributed by atoms with E-state index in [0.29, 0.717) is 12.1 Å². The van der Waals surface area contributed by atoms with Gasteiger partial charge in [-0.1, -0.05) is 22.9 Å². The fourth-order valence-electron chi connectivity index (χ4n) is 1.47. The molecule has 0 aliphatic carbocycles. The van der Waals surface area contributed by atoms with E-state index in [-0.39, 0.29) is 5.76 Å². The summed E-state index contributed by atoms with van der Waals surface area (Å²) in [7, 11) is 0. The number of halogens is 1. The summed E-state index contributed by atoms with van der Waals surface area (Å²) in [4.78, 5) is 11.4. The van der Waals surface area contributed by atoms with E-state index in [1.54, 1.807) is 10.6 Å². The minimum absolute atomic E-state index is 0.278. The molecule has 14 heavy (non-hydrogen) atoms. The van der Waals surface area contributed by atoms with E-state index in [4.69, 9.17) is 4.42 Å². The van der Waals surface area contributed by atoms with Crippen molar-refractivity contribution in [3.8, 4) is 0 Å². The average Bonchev–Trinajstić information content (AvgIpc) is 2.45. The van der Waals surface area contributed by atoms with E-state index in [0.717, 1.165) is 16.4 Å². The lowest BCUT2D eigenvalue weighted by atomic mass is 10.3. The Morgan fingerprint density at radius 1 is 1.50 bits per heavy atom. The summed E-state index contributed by atoms with van der Waals surface area (Å²) in [5, 5.41) is 0. The molecule has 0 atom stereocenters. The minimum atomic E-state index is -0.278. The molecule has 0 fully saturated rings. The van der Waals surface area contributed by atoms with Gasteiger partial charge in [-0.15, -0.1) is 0 Å². The molecule has 1 heterocycles. The van der Waals surface area contributed by atoms with Gasteiger partial charge < -0.3 is 4.42 Å². The van der Waals surface area contributed by atoms with Crippen LogP contribution in [0.25, 0.3) is 11.1 Å². The maximum atomic E-state index is 11.4. The van der Waals surface area contributed by atoms with Crippen LogP contribution in [0.1, 0.15) is 13.3 Å². The summed E-state index contributed by atoms with van der Waals surface area (Å²) < 4.78 is 7.70. The van der Waals surface area contributed by atoms with Crippen molar-refractivity contribution >= 4 is 27.0 Å². The molecular weight excluding hydrogens is 246 g/mol. The first kappa shape index (κ1) is 9.52. The number of hydrogen-bond acceptors (Lipinski definition) is 2. The summed E-state index contributed by atoms with van der Waals surface area (Å²) in [6.45, 7) is 2.73. The highest BCUT2D eigenvalue weighted by molar-refractivity contribution is 9.10. The highest BCUT2D eigenvalue weighted by Gasteiger charge is 2.07. The van der Waals surface area contributed by atoms with E-state index in [2.05, 4.69) is 15.9 Å². The van der Waals surface area contributed by atoms with Gasteiger partial charge in [0.2, 0.25) is 0 Å². The second-order valence-corrected chi connectivity index (χ2v) is 4.05. The van der Waals surface area contributed by atoms with Crippen molar-refractivity contribution in [2.45, 2.75) is 19.9 Å². The molecule has 0 saturated heterocycles. The zero-order valence-electron chi connectivity index (χ0n) is 7.79. The van der Waals surface area contributed by atoms with Gasteiger partial charge in [-0.3, -0.25) is 4.57 Å². The van der Waals surface area contributed by atoms with Crippen LogP contribution >= 0.6 is 15.9 Å². The second kappa shape index (κ2) is 3.61. The normalized spacial score (nSPS) is 11.0. The summed E-state index contributed by atoms with van der Waals surface area (Å²) >= 11 is 3.37. The molecule has 3 nitrogen and oxygen atoms in total. The van der Waals surface area contributed by atoms with Crippen molar-refractivity contribution in [1.82, 2.24) is 4.57 Å². The van der Waals surface area contributed by atoms with Crippen LogP contribution in [0.4, 0.5) is 0 Å². The quantitative estimate of drug-likeness (QED) is 0.828. The molecule has 0 spiro atoms. The van der Waals surface area contributed by atoms with E-state index in [1.165, 1.54) is 0 Å². The topological polar surface area (TPSA) is 35.1 Å². The van der Waals surface area contributed by atoms with Crippen molar-refractivity contribution in [1.29, 1.82) is 0 Å². The van der Waals surface area contributed by atoms with Gasteiger partial charge in [-0.25, -0.2) is 4.79 Å². The highest BCUT2D eigenvalue weighted by atomic mass is 79.9. The molecular formula is C10H10BrNO2. The molecule has 0 unspecified atom stereocenters. The van der Waals surface area contributed by atoms with Gasteiger partial charge >= 0.3 is 5.76 Å². The van der Waals surface area contributed by atoms with E-state index >= 15 is 0 Å². The van der Waals surface area contributed by atoms with Crippen LogP contribution in [0, 0.1) is 0 Å². The predicted octanol–water partition coefficient (Wildman–Crippen LogP) is 2.77. The molecule has 4 heteroatoms. The van der Waals surface area contributed by atoms with Gasteiger partial charge in [-0.2, -0.15) is 0 Å². The SMILES string of the molecule is CCCn1c(=O)oc2ccc(Br)cc21. The van der Waals surface area contributed by atoms with Gasteiger partial charge in [0, 0.05) is 11.0 Å². The van der Waals surface area contributed by atoms with Crippen molar-refractivity contribution in [2.24, 2.45) is 0 Å². The standard InChI is InChI=1S/C10H10BrNO2/c1-2-5-12-8-6-7(11)3-4-9(8)14-10(12)13/h3-4,6H,2,5H2,1H3. The van der Waals surface area contributed by atoms with Crippen LogP contribution in [-0.4, -0.2) is 4.57 Å². The van der Waals surface area contributed by atoms with Crippen LogP contribution in [0.5, 0.6) is 0 Å². The summed E-state index contributed by atoms with van der Waals surface area (Å²) in [5.41, 5.74) is 1.50. The van der Waals surface area contributed by atoms with Crippen LogP contribution in [0.2, 0.25) is 0 Å². The number of nitrogens with zero attached hydrogens (tertiary/aromatic N) is 1. The Hall–Kier alpha value is -1.03. The Morgan fingerprint density at radius 2 is 2.29 bits per heavy atom. The van der Waals surface area contributed by atoms with E-state index in [9.17, 15) is 4.79 Å². The number of aromatic nitrogens is 1. The first-order valence-corrected chi connectivity index (χ1v) is 5.30. The number of hydrogen-bond donors (Lipinski definition) is 0. The highest BCUT2D eigenvalue weighted by Crippen LogP contribution is 2.18. The first-order chi connectivity index (χ1) is 6.72. The summed E-state index contributed by atoms with van der Waals surface area (Å²) in [6.07, 6.45) is 0.918. The smallest absolute Gasteiger partial charge is 0.408 e. The van der Waals surface area contributed by atoms with Gasteiger partial charge in [0.05, 0.1) is 5.52 Å². The number of benzene rings is 1. The summed E-state index contributed by atoms with van der Waals surface area (Å²) in [5.74, 6) is -0.278. The van der Waals surface area contributed by atoms with Crippen LogP contribution < -0.4 is 5.76 Å². The monoisotopic (exact) mass is 255 g/mol. The number of rotatable bonds is 2. The lowest BCUT2D eigenvalue weighted by molar-refractivity contribution is 0.502. The zero-order chi connectivity index (χ0) is 10.1. The fraction of sp³-hybridized carbons (Fsp3) is 0.300. The molecule has 2 rings (SSSR count). The third kappa shape index (κ3) is 1.50. The van der Waals surface area contributed by atoms with Gasteiger partial charge in [0.25, 0.3) is 0 Å².